The Morgan fingerprint density at radius 2 is 2.40 bits per heavy atom. The average Bonchev–Trinajstić information content (AvgIpc) is 2.99. The fraction of sp³-hybridized carbons (Fsp3) is 0.500. The lowest BCUT2D eigenvalue weighted by molar-refractivity contribution is -0.144. The monoisotopic (exact) mass is 205 g/mol. The van der Waals surface area contributed by atoms with Crippen LogP contribution in [0, 0.1) is 12.8 Å². The molecule has 0 radical (unpaired) electrons. The average molecular weight is 205 g/mol. The minimum Gasteiger partial charge on any atom is -0.466 e. The summed E-state index contributed by atoms with van der Waals surface area (Å²) < 4.78 is 4.98. The largest absolute Gasteiger partial charge is 0.466 e. The topological polar surface area (TPSA) is 39.2 Å². The Morgan fingerprint density at radius 1 is 1.60 bits per heavy atom. The van der Waals surface area contributed by atoms with E-state index < -0.39 is 0 Å². The molecule has 0 aromatic carbocycles. The summed E-state index contributed by atoms with van der Waals surface area (Å²) in [6.07, 6.45) is 2.77. The van der Waals surface area contributed by atoms with Gasteiger partial charge < -0.3 is 4.74 Å². The van der Waals surface area contributed by atoms with Crippen molar-refractivity contribution in [2.75, 3.05) is 6.61 Å². The fourth-order valence-corrected chi connectivity index (χ4v) is 1.77. The van der Waals surface area contributed by atoms with E-state index in [4.69, 9.17) is 4.74 Å². The van der Waals surface area contributed by atoms with Gasteiger partial charge in [-0.3, -0.25) is 9.78 Å². The number of carbonyl (C=O) groups excluding carboxylic acids is 1. The van der Waals surface area contributed by atoms with Crippen LogP contribution in [0.5, 0.6) is 0 Å². The lowest BCUT2D eigenvalue weighted by atomic mass is 10.1. The van der Waals surface area contributed by atoms with Crippen LogP contribution < -0.4 is 0 Å². The fourth-order valence-electron chi connectivity index (χ4n) is 1.77. The molecule has 1 saturated carbocycles. The molecule has 0 bridgehead atoms. The Balaban J connectivity index is 1.98. The van der Waals surface area contributed by atoms with Crippen LogP contribution in [0.15, 0.2) is 18.3 Å². The first-order valence-electron chi connectivity index (χ1n) is 5.31. The smallest absolute Gasteiger partial charge is 0.309 e. The summed E-state index contributed by atoms with van der Waals surface area (Å²) >= 11 is 0. The third kappa shape index (κ3) is 2.17. The number of hydrogen-bond donors (Lipinski definition) is 0. The van der Waals surface area contributed by atoms with E-state index in [9.17, 15) is 4.79 Å². The second kappa shape index (κ2) is 4.01. The van der Waals surface area contributed by atoms with Crippen molar-refractivity contribution in [1.82, 2.24) is 4.98 Å². The summed E-state index contributed by atoms with van der Waals surface area (Å²) in [5.74, 6) is 0.328. The molecule has 1 aliphatic rings. The summed E-state index contributed by atoms with van der Waals surface area (Å²) in [5.41, 5.74) is 2.16. The Morgan fingerprint density at radius 3 is 3.00 bits per heavy atom. The third-order valence-corrected chi connectivity index (χ3v) is 2.74. The van der Waals surface area contributed by atoms with Gasteiger partial charge in [0.15, 0.2) is 0 Å². The van der Waals surface area contributed by atoms with Crippen molar-refractivity contribution in [2.45, 2.75) is 26.2 Å². The number of carbonyl (C=O) groups is 1. The van der Waals surface area contributed by atoms with Gasteiger partial charge in [0.2, 0.25) is 0 Å². The Bertz CT molecular complexity index is 358. The van der Waals surface area contributed by atoms with E-state index >= 15 is 0 Å². The van der Waals surface area contributed by atoms with Crippen molar-refractivity contribution in [2.24, 2.45) is 5.92 Å². The van der Waals surface area contributed by atoms with Crippen LogP contribution in [0.4, 0.5) is 0 Å². The maximum Gasteiger partial charge on any atom is 0.309 e. The number of hydrogen-bond acceptors (Lipinski definition) is 3. The molecule has 3 nitrogen and oxygen atoms in total. The van der Waals surface area contributed by atoms with Gasteiger partial charge in [-0.25, -0.2) is 0 Å². The van der Waals surface area contributed by atoms with Gasteiger partial charge in [0.1, 0.15) is 0 Å². The number of pyridine rings is 1. The molecule has 0 unspecified atom stereocenters. The summed E-state index contributed by atoms with van der Waals surface area (Å²) in [4.78, 5) is 15.6. The van der Waals surface area contributed by atoms with Crippen LogP contribution in [0.1, 0.15) is 30.5 Å². The van der Waals surface area contributed by atoms with Crippen molar-refractivity contribution in [1.29, 1.82) is 0 Å². The van der Waals surface area contributed by atoms with Gasteiger partial charge in [-0.15, -0.1) is 0 Å². The van der Waals surface area contributed by atoms with E-state index in [2.05, 4.69) is 4.98 Å². The predicted octanol–water partition coefficient (Wildman–Crippen LogP) is 2.06. The first kappa shape index (κ1) is 10.1. The van der Waals surface area contributed by atoms with Crippen molar-refractivity contribution in [3.8, 4) is 0 Å². The number of aryl methyl sites for hydroxylation is 1. The maximum absolute atomic E-state index is 11.4. The predicted molar refractivity (Wildman–Crippen MR) is 56.5 cm³/mol. The number of nitrogens with zero attached hydrogens (tertiary/aromatic N) is 1. The highest BCUT2D eigenvalue weighted by molar-refractivity contribution is 5.77. The first-order valence-corrected chi connectivity index (χ1v) is 5.31. The van der Waals surface area contributed by atoms with Gasteiger partial charge in [-0.1, -0.05) is 6.07 Å². The Labute approximate surface area is 89.5 Å². The molecule has 1 aromatic rings. The zero-order valence-electron chi connectivity index (χ0n) is 9.06. The molecular formula is C12H15NO2. The molecule has 1 fully saturated rings. The summed E-state index contributed by atoms with van der Waals surface area (Å²) in [6.45, 7) is 4.26. The Kier molecular flexibility index (Phi) is 2.71. The molecule has 3 heteroatoms. The summed E-state index contributed by atoms with van der Waals surface area (Å²) in [7, 11) is 0. The molecule has 1 heterocycles. The van der Waals surface area contributed by atoms with Crippen LogP contribution in [0.2, 0.25) is 0 Å². The molecule has 0 N–H and O–H groups in total. The van der Waals surface area contributed by atoms with Crippen molar-refractivity contribution in [3.63, 3.8) is 0 Å². The van der Waals surface area contributed by atoms with E-state index in [-0.39, 0.29) is 11.9 Å². The van der Waals surface area contributed by atoms with Gasteiger partial charge in [0.25, 0.3) is 0 Å². The van der Waals surface area contributed by atoms with Crippen LogP contribution >= 0.6 is 0 Å². The zero-order valence-corrected chi connectivity index (χ0v) is 9.06. The quantitative estimate of drug-likeness (QED) is 0.709. The van der Waals surface area contributed by atoms with Gasteiger partial charge in [-0.2, -0.15) is 0 Å². The van der Waals surface area contributed by atoms with Crippen LogP contribution in [-0.4, -0.2) is 17.6 Å². The van der Waals surface area contributed by atoms with E-state index in [0.717, 1.165) is 17.7 Å². The highest BCUT2D eigenvalue weighted by atomic mass is 16.5. The molecule has 0 amide bonds. The van der Waals surface area contributed by atoms with Gasteiger partial charge in [0.05, 0.1) is 12.5 Å². The SMILES string of the molecule is CCOC(=O)[C@H]1C[C@H]1c1ccc(C)nc1. The van der Waals surface area contributed by atoms with Gasteiger partial charge >= 0.3 is 5.97 Å². The number of esters is 1. The lowest BCUT2D eigenvalue weighted by Crippen LogP contribution is -2.07. The Hall–Kier alpha value is -1.38. The second-order valence-corrected chi connectivity index (χ2v) is 3.93. The van der Waals surface area contributed by atoms with E-state index in [1.54, 1.807) is 0 Å². The molecule has 80 valence electrons. The van der Waals surface area contributed by atoms with Gasteiger partial charge in [0, 0.05) is 11.9 Å². The lowest BCUT2D eigenvalue weighted by Gasteiger charge is -2.01. The molecule has 15 heavy (non-hydrogen) atoms. The normalized spacial score (nSPS) is 23.6. The number of ether oxygens (including phenoxy) is 1. The van der Waals surface area contributed by atoms with Crippen LogP contribution in [-0.2, 0) is 9.53 Å². The molecule has 1 aromatic heterocycles. The molecule has 2 rings (SSSR count). The minimum absolute atomic E-state index is 0.0643. The molecule has 2 atom stereocenters. The highest BCUT2D eigenvalue weighted by Crippen LogP contribution is 2.47. The maximum atomic E-state index is 11.4. The van der Waals surface area contributed by atoms with Gasteiger partial charge in [-0.05, 0) is 37.8 Å². The zero-order chi connectivity index (χ0) is 10.8. The van der Waals surface area contributed by atoms with Crippen molar-refractivity contribution < 1.29 is 9.53 Å². The van der Waals surface area contributed by atoms with E-state index in [1.807, 2.05) is 32.2 Å². The molecule has 0 aliphatic heterocycles. The summed E-state index contributed by atoms with van der Waals surface area (Å²) in [5, 5.41) is 0. The molecular weight excluding hydrogens is 190 g/mol. The summed E-state index contributed by atoms with van der Waals surface area (Å²) in [6, 6.07) is 4.03. The third-order valence-electron chi connectivity index (χ3n) is 2.74. The van der Waals surface area contributed by atoms with Crippen molar-refractivity contribution in [3.05, 3.63) is 29.6 Å². The number of rotatable bonds is 3. The van der Waals surface area contributed by atoms with Crippen molar-refractivity contribution >= 4 is 5.97 Å². The first-order chi connectivity index (χ1) is 7.22. The highest BCUT2D eigenvalue weighted by Gasteiger charge is 2.45. The van der Waals surface area contributed by atoms with Crippen LogP contribution in [0.3, 0.4) is 0 Å². The molecule has 0 spiro atoms. The van der Waals surface area contributed by atoms with E-state index in [0.29, 0.717) is 12.5 Å². The van der Waals surface area contributed by atoms with E-state index in [1.165, 1.54) is 0 Å². The number of aromatic nitrogens is 1. The van der Waals surface area contributed by atoms with Crippen LogP contribution in [0.25, 0.3) is 0 Å². The standard InChI is InChI=1S/C12H15NO2/c1-3-15-12(14)11-6-10(11)9-5-4-8(2)13-7-9/h4-5,7,10-11H,3,6H2,1-2H3/t10-,11-/m0/s1. The second-order valence-electron chi connectivity index (χ2n) is 3.93. The minimum atomic E-state index is -0.0666. The molecule has 0 saturated heterocycles. The molecule has 1 aliphatic carbocycles.